The summed E-state index contributed by atoms with van der Waals surface area (Å²) in [4.78, 5) is 5.70. The standard InChI is InChI=1S/C14H15N3/c1-16(2)10-12-14-8-5-9-17(14)13-7-4-3-6-11(13)15-12/h3-9H,10H2,1-2H3/p+1. The molecule has 1 aromatic carbocycles. The molecule has 2 aromatic heterocycles. The Morgan fingerprint density at radius 3 is 2.65 bits per heavy atom. The Balaban J connectivity index is 2.35. The Bertz CT molecular complexity index is 667. The molecule has 3 nitrogen and oxygen atoms in total. The molecule has 2 heterocycles. The summed E-state index contributed by atoms with van der Waals surface area (Å²) >= 11 is 0. The van der Waals surface area contributed by atoms with Gasteiger partial charge in [0, 0.05) is 12.3 Å². The van der Waals surface area contributed by atoms with Crippen LogP contribution in [0.25, 0.3) is 16.6 Å². The van der Waals surface area contributed by atoms with Crippen LogP contribution >= 0.6 is 0 Å². The van der Waals surface area contributed by atoms with E-state index in [1.54, 1.807) is 0 Å². The molecule has 0 aliphatic rings. The third-order valence-electron chi connectivity index (χ3n) is 2.98. The van der Waals surface area contributed by atoms with Gasteiger partial charge in [-0.3, -0.25) is 4.90 Å². The summed E-state index contributed by atoms with van der Waals surface area (Å²) in [5.41, 5.74) is 4.89. The van der Waals surface area contributed by atoms with E-state index in [1.165, 1.54) is 22.2 Å². The van der Waals surface area contributed by atoms with E-state index in [0.29, 0.717) is 0 Å². The first-order chi connectivity index (χ1) is 8.25. The van der Waals surface area contributed by atoms with Crippen molar-refractivity contribution in [3.05, 3.63) is 48.3 Å². The summed E-state index contributed by atoms with van der Waals surface area (Å²) in [5.74, 6) is 0. The summed E-state index contributed by atoms with van der Waals surface area (Å²) < 4.78 is 2.24. The summed E-state index contributed by atoms with van der Waals surface area (Å²) in [6, 6.07) is 12.6. The van der Waals surface area contributed by atoms with Crippen LogP contribution in [-0.4, -0.2) is 23.4 Å². The lowest BCUT2D eigenvalue weighted by Crippen LogP contribution is -2.22. The molecule has 0 atom stereocenters. The van der Waals surface area contributed by atoms with Crippen molar-refractivity contribution in [3.8, 4) is 0 Å². The third kappa shape index (κ3) is 1.68. The number of aromatic nitrogens is 2. The zero-order valence-corrected chi connectivity index (χ0v) is 10.1. The molecule has 0 radical (unpaired) electrons. The second-order valence-electron chi connectivity index (χ2n) is 4.62. The molecule has 0 bridgehead atoms. The molecule has 0 saturated carbocycles. The molecule has 3 aromatic rings. The topological polar surface area (TPSA) is 21.8 Å². The van der Waals surface area contributed by atoms with Crippen LogP contribution in [0.3, 0.4) is 0 Å². The number of benzene rings is 1. The van der Waals surface area contributed by atoms with Crippen LogP contribution in [0.1, 0.15) is 5.69 Å². The third-order valence-corrected chi connectivity index (χ3v) is 2.98. The van der Waals surface area contributed by atoms with Gasteiger partial charge in [0.1, 0.15) is 11.0 Å². The molecule has 0 amide bonds. The number of fused-ring (bicyclic) bond motifs is 3. The maximum Gasteiger partial charge on any atom is 0.228 e. The average Bonchev–Trinajstić information content (AvgIpc) is 2.78. The van der Waals surface area contributed by atoms with Crippen molar-refractivity contribution >= 4 is 16.6 Å². The minimum atomic E-state index is 0.915. The highest BCUT2D eigenvalue weighted by Crippen LogP contribution is 2.16. The molecule has 1 N–H and O–H groups in total. The van der Waals surface area contributed by atoms with Crippen molar-refractivity contribution in [1.82, 2.24) is 9.30 Å². The van der Waals surface area contributed by atoms with Crippen molar-refractivity contribution in [2.45, 2.75) is 6.54 Å². The highest BCUT2D eigenvalue weighted by atomic mass is 15.1. The number of nitrogens with one attached hydrogen (secondary N) is 1. The molecule has 86 valence electrons. The van der Waals surface area contributed by atoms with Crippen LogP contribution in [0.5, 0.6) is 0 Å². The Kier molecular flexibility index (Phi) is 2.34. The largest absolute Gasteiger partial charge is 0.306 e. The van der Waals surface area contributed by atoms with E-state index in [9.17, 15) is 0 Å². The molecule has 0 spiro atoms. The van der Waals surface area contributed by atoms with Gasteiger partial charge in [0.15, 0.2) is 0 Å². The zero-order chi connectivity index (χ0) is 11.8. The quantitative estimate of drug-likeness (QED) is 0.654. The van der Waals surface area contributed by atoms with Gasteiger partial charge in [0.05, 0.1) is 6.54 Å². The first-order valence-electron chi connectivity index (χ1n) is 5.80. The normalized spacial score (nSPS) is 11.7. The van der Waals surface area contributed by atoms with Crippen molar-refractivity contribution in [1.29, 1.82) is 0 Å². The van der Waals surface area contributed by atoms with Gasteiger partial charge in [0.25, 0.3) is 0 Å². The lowest BCUT2D eigenvalue weighted by molar-refractivity contribution is -0.358. The number of hydrogen-bond donors (Lipinski definition) is 0. The molecule has 3 rings (SSSR count). The van der Waals surface area contributed by atoms with Gasteiger partial charge in [-0.05, 0) is 32.3 Å². The lowest BCUT2D eigenvalue weighted by Gasteiger charge is -2.08. The SMILES string of the molecule is CN(C)Cc1[nH+]c2ccccc2n2cccc12. The van der Waals surface area contributed by atoms with Crippen molar-refractivity contribution in [3.63, 3.8) is 0 Å². The molecule has 0 aliphatic carbocycles. The maximum absolute atomic E-state index is 3.52. The predicted octanol–water partition coefficient (Wildman–Crippen LogP) is 1.97. The monoisotopic (exact) mass is 226 g/mol. The van der Waals surface area contributed by atoms with Crippen LogP contribution in [0.4, 0.5) is 0 Å². The second kappa shape index (κ2) is 3.86. The molecule has 0 saturated heterocycles. The number of aromatic amines is 1. The molecule has 17 heavy (non-hydrogen) atoms. The molecular formula is C14H16N3+. The summed E-state index contributed by atoms with van der Waals surface area (Å²) in [5, 5.41) is 0. The summed E-state index contributed by atoms with van der Waals surface area (Å²) in [6.07, 6.45) is 2.12. The van der Waals surface area contributed by atoms with Crippen LogP contribution in [0, 0.1) is 0 Å². The number of hydrogen-bond acceptors (Lipinski definition) is 1. The Labute approximate surface area is 100 Å². The fourth-order valence-electron chi connectivity index (χ4n) is 2.29. The predicted molar refractivity (Wildman–Crippen MR) is 68.8 cm³/mol. The highest BCUT2D eigenvalue weighted by molar-refractivity contribution is 5.75. The smallest absolute Gasteiger partial charge is 0.228 e. The van der Waals surface area contributed by atoms with E-state index in [4.69, 9.17) is 0 Å². The molecule has 3 heteroatoms. The number of nitrogens with zero attached hydrogens (tertiary/aromatic N) is 2. The highest BCUT2D eigenvalue weighted by Gasteiger charge is 2.13. The molecule has 0 aliphatic heterocycles. The van der Waals surface area contributed by atoms with Crippen LogP contribution < -0.4 is 4.98 Å². The Morgan fingerprint density at radius 2 is 1.82 bits per heavy atom. The van der Waals surface area contributed by atoms with Crippen LogP contribution in [0.2, 0.25) is 0 Å². The molecule has 0 unspecified atom stereocenters. The van der Waals surface area contributed by atoms with E-state index < -0.39 is 0 Å². The molecule has 0 fully saturated rings. The summed E-state index contributed by atoms with van der Waals surface area (Å²) in [7, 11) is 4.17. The first-order valence-corrected chi connectivity index (χ1v) is 5.80. The van der Waals surface area contributed by atoms with Crippen molar-refractivity contribution < 1.29 is 4.98 Å². The van der Waals surface area contributed by atoms with E-state index >= 15 is 0 Å². The van der Waals surface area contributed by atoms with Gasteiger partial charge in [-0.25, -0.2) is 4.98 Å². The van der Waals surface area contributed by atoms with E-state index in [1.807, 2.05) is 0 Å². The Hall–Kier alpha value is -1.87. The van der Waals surface area contributed by atoms with Crippen LogP contribution in [-0.2, 0) is 6.54 Å². The number of rotatable bonds is 2. The molecular weight excluding hydrogens is 210 g/mol. The fraction of sp³-hybridized carbons (Fsp3) is 0.214. The minimum absolute atomic E-state index is 0.915. The average molecular weight is 226 g/mol. The first kappa shape index (κ1) is 10.3. The van der Waals surface area contributed by atoms with Gasteiger partial charge in [-0.1, -0.05) is 12.1 Å². The van der Waals surface area contributed by atoms with E-state index in [0.717, 1.165) is 6.54 Å². The van der Waals surface area contributed by atoms with E-state index in [-0.39, 0.29) is 0 Å². The van der Waals surface area contributed by atoms with Gasteiger partial charge < -0.3 is 4.40 Å². The van der Waals surface area contributed by atoms with Crippen molar-refractivity contribution in [2.75, 3.05) is 14.1 Å². The minimum Gasteiger partial charge on any atom is -0.306 e. The summed E-state index contributed by atoms with van der Waals surface area (Å²) in [6.45, 7) is 0.915. The fourth-order valence-corrected chi connectivity index (χ4v) is 2.29. The van der Waals surface area contributed by atoms with Gasteiger partial charge in [0.2, 0.25) is 11.2 Å². The zero-order valence-electron chi connectivity index (χ0n) is 10.1. The van der Waals surface area contributed by atoms with E-state index in [2.05, 4.69) is 71.0 Å². The van der Waals surface area contributed by atoms with Gasteiger partial charge in [-0.2, -0.15) is 0 Å². The lowest BCUT2D eigenvalue weighted by atomic mass is 10.2. The van der Waals surface area contributed by atoms with Crippen LogP contribution in [0.15, 0.2) is 42.6 Å². The maximum atomic E-state index is 3.52. The number of para-hydroxylation sites is 2. The van der Waals surface area contributed by atoms with Gasteiger partial charge in [-0.15, -0.1) is 0 Å². The number of H-pyrrole nitrogens is 1. The Morgan fingerprint density at radius 1 is 1.06 bits per heavy atom. The van der Waals surface area contributed by atoms with Gasteiger partial charge >= 0.3 is 0 Å². The second-order valence-corrected chi connectivity index (χ2v) is 4.62. The van der Waals surface area contributed by atoms with Crippen molar-refractivity contribution in [2.24, 2.45) is 0 Å².